The Morgan fingerprint density at radius 2 is 2.24 bits per heavy atom. The Balaban J connectivity index is 2.44. The Hall–Kier alpha value is -2.01. The van der Waals surface area contributed by atoms with E-state index in [1.165, 1.54) is 6.07 Å². The number of nitrogens with zero attached hydrogens (tertiary/aromatic N) is 2. The average Bonchev–Trinajstić information content (AvgIpc) is 2.29. The zero-order valence-corrected chi connectivity index (χ0v) is 9.73. The largest absolute Gasteiger partial charge is 0.378 e. The molecule has 2 aromatic rings. The molecule has 0 fully saturated rings. The van der Waals surface area contributed by atoms with Crippen molar-refractivity contribution in [3.05, 3.63) is 46.1 Å². The summed E-state index contributed by atoms with van der Waals surface area (Å²) in [5, 5.41) is 0. The number of methoxy groups -OCH3 is 1. The van der Waals surface area contributed by atoms with Gasteiger partial charge in [0.1, 0.15) is 5.82 Å². The van der Waals surface area contributed by atoms with Gasteiger partial charge in [0, 0.05) is 30.6 Å². The molecule has 88 valence electrons. The highest BCUT2D eigenvalue weighted by Crippen LogP contribution is 2.12. The summed E-state index contributed by atoms with van der Waals surface area (Å²) in [6.45, 7) is 2.22. The number of aromatic amines is 1. The number of ether oxygens (including phenoxy) is 1. The molecule has 2 aromatic heterocycles. The normalized spacial score (nSPS) is 10.5. The number of aromatic nitrogens is 3. The molecule has 5 heteroatoms. The SMILES string of the molecule is COCc1cc(=O)[nH]c(-c2ccc(C)nc2)n1. The van der Waals surface area contributed by atoms with Gasteiger partial charge in [0.2, 0.25) is 0 Å². The number of nitrogens with one attached hydrogen (secondary N) is 1. The van der Waals surface area contributed by atoms with Gasteiger partial charge >= 0.3 is 0 Å². The Kier molecular flexibility index (Phi) is 3.30. The Bertz CT molecular complexity index is 561. The quantitative estimate of drug-likeness (QED) is 0.864. The maximum absolute atomic E-state index is 11.5. The molecule has 0 saturated heterocycles. The van der Waals surface area contributed by atoms with Crippen LogP contribution in [0.4, 0.5) is 0 Å². The smallest absolute Gasteiger partial charge is 0.251 e. The Morgan fingerprint density at radius 3 is 2.88 bits per heavy atom. The van der Waals surface area contributed by atoms with Crippen molar-refractivity contribution in [1.82, 2.24) is 15.0 Å². The maximum atomic E-state index is 11.5. The van der Waals surface area contributed by atoms with E-state index in [2.05, 4.69) is 15.0 Å². The molecular weight excluding hydrogens is 218 g/mol. The third kappa shape index (κ3) is 2.76. The van der Waals surface area contributed by atoms with Crippen molar-refractivity contribution < 1.29 is 4.74 Å². The summed E-state index contributed by atoms with van der Waals surface area (Å²) in [4.78, 5) is 22.6. The highest BCUT2D eigenvalue weighted by Gasteiger charge is 2.04. The molecule has 0 amide bonds. The molecule has 0 unspecified atom stereocenters. The molecule has 2 heterocycles. The van der Waals surface area contributed by atoms with Crippen LogP contribution in [0.15, 0.2) is 29.2 Å². The van der Waals surface area contributed by atoms with Crippen LogP contribution in [0.25, 0.3) is 11.4 Å². The number of aryl methyl sites for hydroxylation is 1. The lowest BCUT2D eigenvalue weighted by atomic mass is 10.2. The molecule has 0 saturated carbocycles. The van der Waals surface area contributed by atoms with Crippen LogP contribution in [0.1, 0.15) is 11.4 Å². The fourth-order valence-electron chi connectivity index (χ4n) is 1.47. The van der Waals surface area contributed by atoms with E-state index in [1.807, 2.05) is 19.1 Å². The summed E-state index contributed by atoms with van der Waals surface area (Å²) in [6.07, 6.45) is 1.68. The summed E-state index contributed by atoms with van der Waals surface area (Å²) >= 11 is 0. The monoisotopic (exact) mass is 231 g/mol. The predicted molar refractivity (Wildman–Crippen MR) is 63.5 cm³/mol. The molecule has 0 atom stereocenters. The predicted octanol–water partition coefficient (Wildman–Crippen LogP) is 1.29. The second-order valence-electron chi connectivity index (χ2n) is 3.71. The molecule has 0 aliphatic rings. The lowest BCUT2D eigenvalue weighted by Crippen LogP contribution is -2.11. The number of rotatable bonds is 3. The second kappa shape index (κ2) is 4.88. The van der Waals surface area contributed by atoms with E-state index in [-0.39, 0.29) is 5.56 Å². The van der Waals surface area contributed by atoms with Crippen molar-refractivity contribution in [1.29, 1.82) is 0 Å². The van der Waals surface area contributed by atoms with Gasteiger partial charge in [0.25, 0.3) is 5.56 Å². The molecule has 2 rings (SSSR count). The molecule has 0 bridgehead atoms. The summed E-state index contributed by atoms with van der Waals surface area (Å²) in [5.74, 6) is 0.511. The lowest BCUT2D eigenvalue weighted by Gasteiger charge is -2.03. The third-order valence-corrected chi connectivity index (χ3v) is 2.27. The van der Waals surface area contributed by atoms with Gasteiger partial charge in [0.15, 0.2) is 0 Å². The minimum absolute atomic E-state index is 0.192. The van der Waals surface area contributed by atoms with Crippen molar-refractivity contribution >= 4 is 0 Å². The molecule has 0 radical (unpaired) electrons. The van der Waals surface area contributed by atoms with Gasteiger partial charge in [-0.3, -0.25) is 9.78 Å². The molecule has 17 heavy (non-hydrogen) atoms. The second-order valence-corrected chi connectivity index (χ2v) is 3.71. The van der Waals surface area contributed by atoms with Crippen LogP contribution in [0, 0.1) is 6.92 Å². The zero-order chi connectivity index (χ0) is 12.3. The van der Waals surface area contributed by atoms with Crippen LogP contribution in [-0.2, 0) is 11.3 Å². The molecule has 1 N–H and O–H groups in total. The molecule has 5 nitrogen and oxygen atoms in total. The third-order valence-electron chi connectivity index (χ3n) is 2.27. The van der Waals surface area contributed by atoms with Crippen molar-refractivity contribution in [2.24, 2.45) is 0 Å². The highest BCUT2D eigenvalue weighted by molar-refractivity contribution is 5.53. The number of H-pyrrole nitrogens is 1. The van der Waals surface area contributed by atoms with Gasteiger partial charge < -0.3 is 9.72 Å². The minimum Gasteiger partial charge on any atom is -0.378 e. The fraction of sp³-hybridized carbons (Fsp3) is 0.250. The van der Waals surface area contributed by atoms with E-state index in [4.69, 9.17) is 4.74 Å². The van der Waals surface area contributed by atoms with Gasteiger partial charge in [-0.15, -0.1) is 0 Å². The first-order valence-corrected chi connectivity index (χ1v) is 5.21. The topological polar surface area (TPSA) is 67.9 Å². The van der Waals surface area contributed by atoms with Crippen molar-refractivity contribution in [2.45, 2.75) is 13.5 Å². The first kappa shape index (κ1) is 11.5. The molecule has 0 aromatic carbocycles. The van der Waals surface area contributed by atoms with Crippen LogP contribution in [0.3, 0.4) is 0 Å². The van der Waals surface area contributed by atoms with Gasteiger partial charge in [-0.25, -0.2) is 4.98 Å². The van der Waals surface area contributed by atoms with Crippen LogP contribution >= 0.6 is 0 Å². The van der Waals surface area contributed by atoms with E-state index in [0.717, 1.165) is 11.3 Å². The zero-order valence-electron chi connectivity index (χ0n) is 9.73. The average molecular weight is 231 g/mol. The van der Waals surface area contributed by atoms with E-state index in [9.17, 15) is 4.79 Å². The summed E-state index contributed by atoms with van der Waals surface area (Å²) in [7, 11) is 1.57. The van der Waals surface area contributed by atoms with Gasteiger partial charge in [-0.1, -0.05) is 0 Å². The first-order valence-electron chi connectivity index (χ1n) is 5.21. The Labute approximate surface area is 98.5 Å². The van der Waals surface area contributed by atoms with Crippen LogP contribution in [0.5, 0.6) is 0 Å². The van der Waals surface area contributed by atoms with Crippen LogP contribution in [-0.4, -0.2) is 22.1 Å². The van der Waals surface area contributed by atoms with E-state index >= 15 is 0 Å². The summed E-state index contributed by atoms with van der Waals surface area (Å²) in [5.41, 5.74) is 2.12. The van der Waals surface area contributed by atoms with E-state index in [0.29, 0.717) is 18.1 Å². The summed E-state index contributed by atoms with van der Waals surface area (Å²) in [6, 6.07) is 5.17. The number of hydrogen-bond acceptors (Lipinski definition) is 4. The summed E-state index contributed by atoms with van der Waals surface area (Å²) < 4.78 is 4.96. The van der Waals surface area contributed by atoms with Crippen molar-refractivity contribution in [3.63, 3.8) is 0 Å². The van der Waals surface area contributed by atoms with Gasteiger partial charge in [0.05, 0.1) is 12.3 Å². The first-order chi connectivity index (χ1) is 8.19. The molecular formula is C12H13N3O2. The molecule has 0 aliphatic heterocycles. The van der Waals surface area contributed by atoms with Gasteiger partial charge in [-0.05, 0) is 19.1 Å². The van der Waals surface area contributed by atoms with E-state index < -0.39 is 0 Å². The van der Waals surface area contributed by atoms with Gasteiger partial charge in [-0.2, -0.15) is 0 Å². The maximum Gasteiger partial charge on any atom is 0.251 e. The van der Waals surface area contributed by atoms with E-state index in [1.54, 1.807) is 13.3 Å². The Morgan fingerprint density at radius 1 is 1.41 bits per heavy atom. The fourth-order valence-corrected chi connectivity index (χ4v) is 1.47. The van der Waals surface area contributed by atoms with Crippen molar-refractivity contribution in [2.75, 3.05) is 7.11 Å². The number of pyridine rings is 1. The van der Waals surface area contributed by atoms with Crippen LogP contribution in [0.2, 0.25) is 0 Å². The lowest BCUT2D eigenvalue weighted by molar-refractivity contribution is 0.181. The van der Waals surface area contributed by atoms with Crippen LogP contribution < -0.4 is 5.56 Å². The highest BCUT2D eigenvalue weighted by atomic mass is 16.5. The molecule has 0 spiro atoms. The standard InChI is InChI=1S/C12H13N3O2/c1-8-3-4-9(6-13-8)12-14-10(7-17-2)5-11(16)15-12/h3-6H,7H2,1-2H3,(H,14,15,16). The molecule has 0 aliphatic carbocycles. The number of hydrogen-bond donors (Lipinski definition) is 1. The minimum atomic E-state index is -0.192. The van der Waals surface area contributed by atoms with Crippen molar-refractivity contribution in [3.8, 4) is 11.4 Å².